The van der Waals surface area contributed by atoms with E-state index in [9.17, 15) is 14.7 Å². The molecule has 0 radical (unpaired) electrons. The van der Waals surface area contributed by atoms with Crippen LogP contribution < -0.4 is 29.3 Å². The van der Waals surface area contributed by atoms with E-state index in [-0.39, 0.29) is 18.9 Å². The molecular formula is C26H24ClLiN2O3S. The molecule has 3 aromatic rings. The number of carbonyl (C=O) groups excluding carboxylic acids is 2. The Morgan fingerprint density at radius 3 is 2.59 bits per heavy atom. The maximum absolute atomic E-state index is 13.1. The number of hydrogen-bond donors (Lipinski definition) is 1. The zero-order valence-corrected chi connectivity index (χ0v) is 21.0. The summed E-state index contributed by atoms with van der Waals surface area (Å²) in [6, 6.07) is 13.9. The average molecular weight is 487 g/mol. The van der Waals surface area contributed by atoms with Crippen molar-refractivity contribution in [2.45, 2.75) is 19.4 Å². The molecule has 0 aliphatic rings. The molecule has 8 heteroatoms. The van der Waals surface area contributed by atoms with Crippen molar-refractivity contribution in [2.75, 3.05) is 12.0 Å². The van der Waals surface area contributed by atoms with E-state index in [0.717, 1.165) is 22.3 Å². The fourth-order valence-corrected chi connectivity index (χ4v) is 4.02. The van der Waals surface area contributed by atoms with Crippen molar-refractivity contribution in [1.82, 2.24) is 10.3 Å². The number of halogens is 1. The second-order valence-electron chi connectivity index (χ2n) is 7.48. The number of aromatic nitrogens is 1. The van der Waals surface area contributed by atoms with Crippen molar-refractivity contribution in [3.8, 4) is 11.1 Å². The van der Waals surface area contributed by atoms with E-state index in [1.165, 1.54) is 11.8 Å². The molecule has 0 aliphatic carbocycles. The molecule has 1 aromatic heterocycles. The standard InChI is InChI=1S/C26H25ClN2O3S.Li/c1-17-5-3-4-6-20(17)22-15-18(7-9-19-16-28-13-11-23(19)27)8-10-21(22)25(30)29-24(26(31)32)12-14-33-2;/h3-11,13,15-16,24H,12,14H2,1-2H3,(H,29,30)(H,31,32);/q;+1/p-1/t24-;/m0./s1. The third kappa shape index (κ3) is 7.25. The normalized spacial score (nSPS) is 11.6. The summed E-state index contributed by atoms with van der Waals surface area (Å²) in [5.41, 5.74) is 4.66. The summed E-state index contributed by atoms with van der Waals surface area (Å²) in [7, 11) is 0. The summed E-state index contributed by atoms with van der Waals surface area (Å²) in [6.07, 6.45) is 9.24. The summed E-state index contributed by atoms with van der Waals surface area (Å²) >= 11 is 7.73. The first-order chi connectivity index (χ1) is 15.9. The van der Waals surface area contributed by atoms with Crippen LogP contribution in [-0.4, -0.2) is 34.9 Å². The van der Waals surface area contributed by atoms with E-state index >= 15 is 0 Å². The molecule has 1 heterocycles. The summed E-state index contributed by atoms with van der Waals surface area (Å²) in [6.45, 7) is 1.97. The van der Waals surface area contributed by atoms with Crippen LogP contribution in [0.1, 0.15) is 33.5 Å². The van der Waals surface area contributed by atoms with Gasteiger partial charge in [-0.1, -0.05) is 54.1 Å². The van der Waals surface area contributed by atoms with Crippen molar-refractivity contribution < 1.29 is 33.6 Å². The molecule has 3 rings (SSSR count). The number of hydrogen-bond acceptors (Lipinski definition) is 5. The molecule has 0 fully saturated rings. The van der Waals surface area contributed by atoms with Crippen molar-refractivity contribution in [3.05, 3.63) is 88.2 Å². The first kappa shape index (κ1) is 27.7. The molecule has 170 valence electrons. The predicted molar refractivity (Wildman–Crippen MR) is 134 cm³/mol. The van der Waals surface area contributed by atoms with E-state index in [2.05, 4.69) is 10.3 Å². The third-order valence-electron chi connectivity index (χ3n) is 5.18. The number of rotatable bonds is 9. The maximum Gasteiger partial charge on any atom is 1.00 e. The minimum absolute atomic E-state index is 0. The Morgan fingerprint density at radius 1 is 1.15 bits per heavy atom. The van der Waals surface area contributed by atoms with Crippen LogP contribution in [0.2, 0.25) is 5.02 Å². The largest absolute Gasteiger partial charge is 1.00 e. The van der Waals surface area contributed by atoms with Gasteiger partial charge >= 0.3 is 18.9 Å². The molecule has 1 atom stereocenters. The van der Waals surface area contributed by atoms with Crippen LogP contribution in [0.5, 0.6) is 0 Å². The van der Waals surface area contributed by atoms with Gasteiger partial charge in [0.2, 0.25) is 0 Å². The van der Waals surface area contributed by atoms with Crippen LogP contribution in [0, 0.1) is 6.92 Å². The van der Waals surface area contributed by atoms with Gasteiger partial charge in [-0.2, -0.15) is 11.8 Å². The van der Waals surface area contributed by atoms with E-state index in [1.807, 2.05) is 61.7 Å². The fourth-order valence-electron chi connectivity index (χ4n) is 3.38. The Labute approximate surface area is 221 Å². The third-order valence-corrected chi connectivity index (χ3v) is 6.16. The number of carboxylic acids is 1. The first-order valence-corrected chi connectivity index (χ1v) is 12.2. The van der Waals surface area contributed by atoms with Crippen LogP contribution in [0.15, 0.2) is 60.9 Å². The molecule has 0 saturated carbocycles. The van der Waals surface area contributed by atoms with E-state index < -0.39 is 17.9 Å². The van der Waals surface area contributed by atoms with E-state index in [4.69, 9.17) is 11.6 Å². The van der Waals surface area contributed by atoms with Gasteiger partial charge in [-0.15, -0.1) is 0 Å². The minimum Gasteiger partial charge on any atom is -0.548 e. The van der Waals surface area contributed by atoms with Gasteiger partial charge in [0.05, 0.1) is 17.0 Å². The molecular weight excluding hydrogens is 463 g/mol. The summed E-state index contributed by atoms with van der Waals surface area (Å²) < 4.78 is 0. The Morgan fingerprint density at radius 2 is 1.91 bits per heavy atom. The predicted octanol–water partition coefficient (Wildman–Crippen LogP) is 1.49. The number of aliphatic carboxylic acids is 1. The van der Waals surface area contributed by atoms with Gasteiger partial charge in [0, 0.05) is 23.5 Å². The number of amides is 1. The van der Waals surface area contributed by atoms with E-state index in [0.29, 0.717) is 28.3 Å². The van der Waals surface area contributed by atoms with Crippen LogP contribution in [0.3, 0.4) is 0 Å². The van der Waals surface area contributed by atoms with Gasteiger partial charge in [0.1, 0.15) is 0 Å². The Kier molecular flexibility index (Phi) is 10.9. The van der Waals surface area contributed by atoms with E-state index in [1.54, 1.807) is 24.5 Å². The number of thioether (sulfide) groups is 1. The molecule has 0 aliphatic heterocycles. The molecule has 1 N–H and O–H groups in total. The van der Waals surface area contributed by atoms with Crippen LogP contribution in [0.4, 0.5) is 0 Å². The van der Waals surface area contributed by atoms with Crippen LogP contribution >= 0.6 is 23.4 Å². The van der Waals surface area contributed by atoms with Gasteiger partial charge in [-0.3, -0.25) is 9.78 Å². The molecule has 0 saturated heterocycles. The number of benzene rings is 2. The smallest absolute Gasteiger partial charge is 0.548 e. The second-order valence-corrected chi connectivity index (χ2v) is 8.87. The number of aryl methyl sites for hydroxylation is 1. The van der Waals surface area contributed by atoms with Gasteiger partial charge in [0.25, 0.3) is 5.91 Å². The van der Waals surface area contributed by atoms with Gasteiger partial charge in [0.15, 0.2) is 0 Å². The molecule has 34 heavy (non-hydrogen) atoms. The van der Waals surface area contributed by atoms with Crippen LogP contribution in [-0.2, 0) is 4.79 Å². The van der Waals surface area contributed by atoms with Crippen molar-refractivity contribution in [3.63, 3.8) is 0 Å². The molecule has 0 unspecified atom stereocenters. The minimum atomic E-state index is -1.29. The fraction of sp³-hybridized carbons (Fsp3) is 0.192. The molecule has 1 amide bonds. The summed E-state index contributed by atoms with van der Waals surface area (Å²) in [5.74, 6) is -1.14. The van der Waals surface area contributed by atoms with Gasteiger partial charge < -0.3 is 15.2 Å². The number of carboxylic acid groups (broad SMARTS) is 1. The summed E-state index contributed by atoms with van der Waals surface area (Å²) in [4.78, 5) is 28.7. The SMILES string of the molecule is CSCC[C@H](NC(=O)c1ccc(C=Cc2cnccc2Cl)cc1-c1ccccc1C)C(=O)[O-].[Li+]. The first-order valence-electron chi connectivity index (χ1n) is 10.4. The molecule has 5 nitrogen and oxygen atoms in total. The monoisotopic (exact) mass is 486 g/mol. The Bertz CT molecular complexity index is 1190. The molecule has 0 bridgehead atoms. The number of nitrogens with one attached hydrogen (secondary N) is 1. The number of pyridine rings is 1. The average Bonchev–Trinajstić information content (AvgIpc) is 2.81. The Hall–Kier alpha value is -2.49. The summed E-state index contributed by atoms with van der Waals surface area (Å²) in [5, 5.41) is 14.7. The van der Waals surface area contributed by atoms with Gasteiger partial charge in [-0.05, 0) is 65.8 Å². The van der Waals surface area contributed by atoms with Crippen LogP contribution in [0.25, 0.3) is 23.3 Å². The van der Waals surface area contributed by atoms with Crippen molar-refractivity contribution in [2.24, 2.45) is 0 Å². The zero-order valence-electron chi connectivity index (χ0n) is 19.4. The second kappa shape index (κ2) is 13.4. The quantitative estimate of drug-likeness (QED) is 0.463. The van der Waals surface area contributed by atoms with Crippen molar-refractivity contribution in [1.29, 1.82) is 0 Å². The topological polar surface area (TPSA) is 82.1 Å². The maximum atomic E-state index is 13.1. The van der Waals surface area contributed by atoms with Gasteiger partial charge in [-0.25, -0.2) is 0 Å². The number of nitrogens with zero attached hydrogens (tertiary/aromatic N) is 1. The zero-order chi connectivity index (χ0) is 23.8. The number of carbonyl (C=O) groups is 2. The molecule has 0 spiro atoms. The van der Waals surface area contributed by atoms with Crippen molar-refractivity contribution >= 4 is 47.4 Å². The molecule has 2 aromatic carbocycles. The Balaban J connectivity index is 0.00000408.